The van der Waals surface area contributed by atoms with Crippen molar-refractivity contribution in [2.24, 2.45) is 0 Å². The van der Waals surface area contributed by atoms with Crippen molar-refractivity contribution >= 4 is 0 Å². The summed E-state index contributed by atoms with van der Waals surface area (Å²) in [6, 6.07) is 10.4. The van der Waals surface area contributed by atoms with Crippen molar-refractivity contribution in [2.45, 2.75) is 88.8 Å². The molecule has 1 aromatic rings. The number of benzene rings is 1. The first-order valence-electron chi connectivity index (χ1n) is 10.4. The van der Waals surface area contributed by atoms with Gasteiger partial charge in [0.1, 0.15) is 18.3 Å². The smallest absolute Gasteiger partial charge is 0.115 e. The van der Waals surface area contributed by atoms with Crippen molar-refractivity contribution in [3.63, 3.8) is 0 Å². The van der Waals surface area contributed by atoms with Crippen LogP contribution in [0.25, 0.3) is 0 Å². The lowest BCUT2D eigenvalue weighted by atomic mass is 10.0. The number of hydrogen-bond donors (Lipinski definition) is 1. The fourth-order valence-corrected chi connectivity index (χ4v) is 3.64. The van der Waals surface area contributed by atoms with Gasteiger partial charge in [-0.3, -0.25) is 0 Å². The number of unbranched alkanes of at least 4 members (excludes halogenated alkanes) is 7. The predicted molar refractivity (Wildman–Crippen MR) is 102 cm³/mol. The van der Waals surface area contributed by atoms with Crippen LogP contribution in [0.3, 0.4) is 0 Å². The molecule has 2 aliphatic rings. The van der Waals surface area contributed by atoms with E-state index in [4.69, 9.17) is 19.3 Å². The molecule has 0 aliphatic carbocycles. The maximum atomic E-state index is 8.98. The zero-order valence-corrected chi connectivity index (χ0v) is 15.9. The maximum absolute atomic E-state index is 8.98. The highest BCUT2D eigenvalue weighted by Crippen LogP contribution is 2.40. The van der Waals surface area contributed by atoms with Gasteiger partial charge in [0, 0.05) is 6.61 Å². The number of ether oxygens (including phenoxy) is 3. The second-order valence-corrected chi connectivity index (χ2v) is 7.62. The van der Waals surface area contributed by atoms with Crippen LogP contribution < -0.4 is 0 Å². The second-order valence-electron chi connectivity index (χ2n) is 7.62. The molecule has 146 valence electrons. The number of aliphatic hydroxyl groups is 1. The van der Waals surface area contributed by atoms with Crippen LogP contribution in [0.1, 0.15) is 63.4 Å². The molecule has 0 spiro atoms. The first-order valence-corrected chi connectivity index (χ1v) is 10.4. The van der Waals surface area contributed by atoms with Gasteiger partial charge in [-0.25, -0.2) is 0 Å². The Morgan fingerprint density at radius 3 is 2.08 bits per heavy atom. The Morgan fingerprint density at radius 1 is 0.769 bits per heavy atom. The molecule has 2 aliphatic heterocycles. The van der Waals surface area contributed by atoms with Gasteiger partial charge < -0.3 is 19.3 Å². The van der Waals surface area contributed by atoms with E-state index in [0.717, 1.165) is 19.6 Å². The van der Waals surface area contributed by atoms with Crippen molar-refractivity contribution in [3.8, 4) is 0 Å². The Labute approximate surface area is 157 Å². The Bertz CT molecular complexity index is 492. The van der Waals surface area contributed by atoms with Crippen LogP contribution >= 0.6 is 0 Å². The van der Waals surface area contributed by atoms with Crippen molar-refractivity contribution in [2.75, 3.05) is 13.2 Å². The fraction of sp³-hybridized carbons (Fsp3) is 0.727. The van der Waals surface area contributed by atoms with Crippen LogP contribution in [0, 0.1) is 0 Å². The summed E-state index contributed by atoms with van der Waals surface area (Å²) < 4.78 is 16.7. The minimum atomic E-state index is 0.0498. The third kappa shape index (κ3) is 6.99. The molecule has 4 nitrogen and oxygen atoms in total. The quantitative estimate of drug-likeness (QED) is 0.374. The van der Waals surface area contributed by atoms with Crippen LogP contribution in [0.4, 0.5) is 0 Å². The Kier molecular flexibility index (Phi) is 8.40. The fourth-order valence-electron chi connectivity index (χ4n) is 3.64. The molecule has 1 N–H and O–H groups in total. The van der Waals surface area contributed by atoms with Gasteiger partial charge in [-0.2, -0.15) is 0 Å². The second kappa shape index (κ2) is 11.0. The van der Waals surface area contributed by atoms with E-state index in [-0.39, 0.29) is 24.9 Å². The zero-order valence-electron chi connectivity index (χ0n) is 15.9. The van der Waals surface area contributed by atoms with Gasteiger partial charge in [-0.05, 0) is 18.4 Å². The number of aliphatic hydroxyl groups excluding tert-OH is 1. The van der Waals surface area contributed by atoms with Crippen LogP contribution in [-0.4, -0.2) is 42.7 Å². The molecule has 2 fully saturated rings. The summed E-state index contributed by atoms with van der Waals surface area (Å²) in [5, 5.41) is 8.98. The highest BCUT2D eigenvalue weighted by atomic mass is 16.7. The molecule has 4 atom stereocenters. The molecule has 0 radical (unpaired) electrons. The van der Waals surface area contributed by atoms with E-state index in [1.165, 1.54) is 56.9 Å². The van der Waals surface area contributed by atoms with Crippen molar-refractivity contribution < 1.29 is 19.3 Å². The Hall–Kier alpha value is -0.940. The number of rotatable bonds is 15. The number of epoxide rings is 2. The van der Waals surface area contributed by atoms with Gasteiger partial charge in [-0.15, -0.1) is 0 Å². The molecule has 1 aromatic carbocycles. The third-order valence-corrected chi connectivity index (χ3v) is 5.39. The van der Waals surface area contributed by atoms with E-state index < -0.39 is 0 Å². The van der Waals surface area contributed by atoms with E-state index in [2.05, 4.69) is 24.3 Å². The monoisotopic (exact) mass is 362 g/mol. The lowest BCUT2D eigenvalue weighted by Crippen LogP contribution is -2.08. The minimum absolute atomic E-state index is 0.0498. The molecular weight excluding hydrogens is 328 g/mol. The molecule has 26 heavy (non-hydrogen) atoms. The standard InChI is InChI=1S/C22H34O4/c23-16-20-22(26-20)21-19(25-21)14-10-5-3-1-2-4-6-11-15-24-17-18-12-8-7-9-13-18/h7-9,12-13,19-23H,1-6,10-11,14-17H2/t19-,20-,21+,22+/m0/s1. The summed E-state index contributed by atoms with van der Waals surface area (Å²) in [6.07, 6.45) is 12.4. The van der Waals surface area contributed by atoms with E-state index in [0.29, 0.717) is 6.10 Å². The summed E-state index contributed by atoms with van der Waals surface area (Å²) in [5.74, 6) is 0. The van der Waals surface area contributed by atoms with Crippen LogP contribution in [0.15, 0.2) is 30.3 Å². The molecule has 0 unspecified atom stereocenters. The lowest BCUT2D eigenvalue weighted by Gasteiger charge is -2.05. The van der Waals surface area contributed by atoms with Gasteiger partial charge in [0.15, 0.2) is 0 Å². The van der Waals surface area contributed by atoms with Gasteiger partial charge in [0.05, 0.1) is 19.3 Å². The normalized spacial score (nSPS) is 26.8. The van der Waals surface area contributed by atoms with Gasteiger partial charge >= 0.3 is 0 Å². The molecule has 2 heterocycles. The summed E-state index contributed by atoms with van der Waals surface area (Å²) in [7, 11) is 0. The summed E-state index contributed by atoms with van der Waals surface area (Å²) in [5.41, 5.74) is 1.26. The average molecular weight is 363 g/mol. The Morgan fingerprint density at radius 2 is 1.38 bits per heavy atom. The molecule has 0 bridgehead atoms. The summed E-state index contributed by atoms with van der Waals surface area (Å²) in [4.78, 5) is 0. The molecule has 0 amide bonds. The first-order chi connectivity index (χ1) is 12.9. The van der Waals surface area contributed by atoms with E-state index in [1.807, 2.05) is 6.07 Å². The lowest BCUT2D eigenvalue weighted by molar-refractivity contribution is 0.116. The van der Waals surface area contributed by atoms with E-state index in [9.17, 15) is 0 Å². The molecule has 3 rings (SSSR count). The number of hydrogen-bond acceptors (Lipinski definition) is 4. The predicted octanol–water partition coefficient (Wildman–Crippen LogP) is 4.24. The highest BCUT2D eigenvalue weighted by molar-refractivity contribution is 5.13. The molecule has 4 heteroatoms. The van der Waals surface area contributed by atoms with Crippen molar-refractivity contribution in [1.29, 1.82) is 0 Å². The molecule has 0 saturated carbocycles. The van der Waals surface area contributed by atoms with Crippen LogP contribution in [0.5, 0.6) is 0 Å². The molecular formula is C22H34O4. The largest absolute Gasteiger partial charge is 0.394 e. The first kappa shape index (κ1) is 19.8. The van der Waals surface area contributed by atoms with E-state index >= 15 is 0 Å². The minimum Gasteiger partial charge on any atom is -0.394 e. The summed E-state index contributed by atoms with van der Waals surface area (Å²) >= 11 is 0. The molecule has 0 aromatic heterocycles. The van der Waals surface area contributed by atoms with Gasteiger partial charge in [0.25, 0.3) is 0 Å². The van der Waals surface area contributed by atoms with Gasteiger partial charge in [-0.1, -0.05) is 75.3 Å². The van der Waals surface area contributed by atoms with Crippen LogP contribution in [0.2, 0.25) is 0 Å². The highest BCUT2D eigenvalue weighted by Gasteiger charge is 2.56. The van der Waals surface area contributed by atoms with Crippen LogP contribution in [-0.2, 0) is 20.8 Å². The maximum Gasteiger partial charge on any atom is 0.115 e. The summed E-state index contributed by atoms with van der Waals surface area (Å²) in [6.45, 7) is 1.75. The molecule has 2 saturated heterocycles. The topological polar surface area (TPSA) is 54.5 Å². The third-order valence-electron chi connectivity index (χ3n) is 5.39. The SMILES string of the molecule is OC[C@@H]1O[C@H]1[C@@H]1O[C@H]1CCCCCCCCCCOCc1ccccc1. The average Bonchev–Trinajstić information content (AvgIpc) is 3.57. The Balaban J connectivity index is 1.03. The van der Waals surface area contributed by atoms with Crippen molar-refractivity contribution in [1.82, 2.24) is 0 Å². The van der Waals surface area contributed by atoms with E-state index in [1.54, 1.807) is 0 Å². The van der Waals surface area contributed by atoms with Gasteiger partial charge in [0.2, 0.25) is 0 Å². The van der Waals surface area contributed by atoms with Crippen molar-refractivity contribution in [3.05, 3.63) is 35.9 Å². The zero-order chi connectivity index (χ0) is 18.0.